The van der Waals surface area contributed by atoms with Gasteiger partial charge in [0.05, 0.1) is 25.6 Å². The number of benzene rings is 1. The van der Waals surface area contributed by atoms with Gasteiger partial charge in [-0.3, -0.25) is 9.69 Å². The molecule has 0 aliphatic heterocycles. The number of carbonyl (C=O) groups is 1. The molecule has 120 valence electrons. The van der Waals surface area contributed by atoms with Gasteiger partial charge in [0, 0.05) is 12.2 Å². The zero-order chi connectivity index (χ0) is 16.7. The van der Waals surface area contributed by atoms with Gasteiger partial charge < -0.3 is 9.32 Å². The zero-order valence-corrected chi connectivity index (χ0v) is 14.5. The zero-order valence-electron chi connectivity index (χ0n) is 12.9. The fourth-order valence-corrected chi connectivity index (χ4v) is 2.58. The maximum atomic E-state index is 12.6. The van der Waals surface area contributed by atoms with Gasteiger partial charge in [-0.05, 0) is 47.2 Å². The van der Waals surface area contributed by atoms with E-state index in [9.17, 15) is 4.79 Å². The van der Waals surface area contributed by atoms with Gasteiger partial charge in [-0.25, -0.2) is 0 Å². The number of furan rings is 1. The Labute approximate surface area is 144 Å². The first-order valence-corrected chi connectivity index (χ1v) is 8.04. The lowest BCUT2D eigenvalue weighted by Crippen LogP contribution is -2.39. The Morgan fingerprint density at radius 1 is 1.26 bits per heavy atom. The number of nitrogens with zero attached hydrogens (tertiary/aromatic N) is 3. The second-order valence-corrected chi connectivity index (χ2v) is 5.95. The molecule has 0 aliphatic rings. The summed E-state index contributed by atoms with van der Waals surface area (Å²) in [7, 11) is 1.86. The fourth-order valence-electron chi connectivity index (χ4n) is 2.24. The van der Waals surface area contributed by atoms with E-state index in [1.807, 2.05) is 54.4 Å². The third-order valence-corrected chi connectivity index (χ3v) is 3.70. The summed E-state index contributed by atoms with van der Waals surface area (Å²) in [6, 6.07) is 15.2. The lowest BCUT2D eigenvalue weighted by molar-refractivity contribution is -0.119. The largest absolute Gasteiger partial charge is 0.453 e. The van der Waals surface area contributed by atoms with Crippen LogP contribution in [0.4, 0.5) is 5.69 Å². The van der Waals surface area contributed by atoms with Crippen molar-refractivity contribution in [2.45, 2.75) is 13.0 Å². The molecule has 0 bridgehead atoms. The van der Waals surface area contributed by atoms with Crippen LogP contribution in [0.15, 0.2) is 51.6 Å². The Morgan fingerprint density at radius 2 is 2.00 bits per heavy atom. The SMILES string of the molecule is CN(CC(=O)N(CCC#N)c1ccccc1)Cc1ccc(Br)o1. The molecule has 0 spiro atoms. The van der Waals surface area contributed by atoms with E-state index in [1.54, 1.807) is 4.90 Å². The van der Waals surface area contributed by atoms with Crippen LogP contribution in [0.3, 0.4) is 0 Å². The van der Waals surface area contributed by atoms with Crippen molar-refractivity contribution < 1.29 is 9.21 Å². The predicted octanol–water partition coefficient (Wildman–Crippen LogP) is 3.42. The molecule has 0 aliphatic carbocycles. The molecule has 0 fully saturated rings. The molecule has 0 unspecified atom stereocenters. The number of para-hydroxylation sites is 1. The molecule has 1 amide bonds. The van der Waals surface area contributed by atoms with Crippen molar-refractivity contribution in [2.75, 3.05) is 25.0 Å². The molecule has 2 rings (SSSR count). The first-order chi connectivity index (χ1) is 11.1. The van der Waals surface area contributed by atoms with Gasteiger partial charge in [0.25, 0.3) is 0 Å². The standard InChI is InChI=1S/C17H18BrN3O2/c1-20(12-15-8-9-16(18)23-15)13-17(22)21(11-5-10-19)14-6-3-2-4-7-14/h2-4,6-9H,5,11-13H2,1H3. The average molecular weight is 376 g/mol. The highest BCUT2D eigenvalue weighted by atomic mass is 79.9. The van der Waals surface area contributed by atoms with Gasteiger partial charge >= 0.3 is 0 Å². The van der Waals surface area contributed by atoms with Gasteiger partial charge in [-0.2, -0.15) is 5.26 Å². The predicted molar refractivity (Wildman–Crippen MR) is 91.8 cm³/mol. The first-order valence-electron chi connectivity index (χ1n) is 7.25. The summed E-state index contributed by atoms with van der Waals surface area (Å²) in [6.07, 6.45) is 0.301. The number of hydrogen-bond acceptors (Lipinski definition) is 4. The average Bonchev–Trinajstić information content (AvgIpc) is 2.93. The second-order valence-electron chi connectivity index (χ2n) is 5.17. The van der Waals surface area contributed by atoms with E-state index >= 15 is 0 Å². The second kappa shape index (κ2) is 8.51. The van der Waals surface area contributed by atoms with Gasteiger partial charge in [0.15, 0.2) is 4.67 Å². The Balaban J connectivity index is 2.01. The van der Waals surface area contributed by atoms with E-state index in [2.05, 4.69) is 22.0 Å². The van der Waals surface area contributed by atoms with Crippen LogP contribution in [0, 0.1) is 11.3 Å². The molecule has 0 N–H and O–H groups in total. The number of likely N-dealkylation sites (N-methyl/N-ethyl adjacent to an activating group) is 1. The Hall–Kier alpha value is -2.10. The van der Waals surface area contributed by atoms with Crippen LogP contribution in [0.1, 0.15) is 12.2 Å². The third-order valence-electron chi connectivity index (χ3n) is 3.28. The molecule has 0 saturated heterocycles. The molecule has 5 nitrogen and oxygen atoms in total. The Morgan fingerprint density at radius 3 is 2.61 bits per heavy atom. The maximum Gasteiger partial charge on any atom is 0.241 e. The van der Waals surface area contributed by atoms with Crippen LogP contribution in [-0.2, 0) is 11.3 Å². The van der Waals surface area contributed by atoms with Crippen molar-refractivity contribution >= 4 is 27.5 Å². The van der Waals surface area contributed by atoms with E-state index in [0.717, 1.165) is 11.4 Å². The monoisotopic (exact) mass is 375 g/mol. The number of carbonyl (C=O) groups excluding carboxylic acids is 1. The van der Waals surface area contributed by atoms with Gasteiger partial charge in [-0.1, -0.05) is 18.2 Å². The van der Waals surface area contributed by atoms with Crippen LogP contribution < -0.4 is 4.90 Å². The smallest absolute Gasteiger partial charge is 0.241 e. The minimum atomic E-state index is -0.0421. The number of rotatable bonds is 7. The summed E-state index contributed by atoms with van der Waals surface area (Å²) < 4.78 is 6.13. The van der Waals surface area contributed by atoms with E-state index in [1.165, 1.54) is 0 Å². The van der Waals surface area contributed by atoms with Crippen molar-refractivity contribution in [1.82, 2.24) is 4.90 Å². The maximum absolute atomic E-state index is 12.6. The van der Waals surface area contributed by atoms with Gasteiger partial charge in [0.2, 0.25) is 5.91 Å². The summed E-state index contributed by atoms with van der Waals surface area (Å²) in [5, 5.41) is 8.81. The van der Waals surface area contributed by atoms with E-state index < -0.39 is 0 Å². The van der Waals surface area contributed by atoms with Crippen molar-refractivity contribution in [3.63, 3.8) is 0 Å². The molecular weight excluding hydrogens is 358 g/mol. The van der Waals surface area contributed by atoms with E-state index in [-0.39, 0.29) is 12.5 Å². The lowest BCUT2D eigenvalue weighted by Gasteiger charge is -2.24. The van der Waals surface area contributed by atoms with Crippen molar-refractivity contribution in [2.24, 2.45) is 0 Å². The number of anilines is 1. The summed E-state index contributed by atoms with van der Waals surface area (Å²) in [5.74, 6) is 0.745. The van der Waals surface area contributed by atoms with Crippen molar-refractivity contribution in [1.29, 1.82) is 5.26 Å². The minimum absolute atomic E-state index is 0.0421. The van der Waals surface area contributed by atoms with Crippen LogP contribution >= 0.6 is 15.9 Å². The molecule has 2 aromatic rings. The first kappa shape index (κ1) is 17.3. The number of halogens is 1. The summed E-state index contributed by atoms with van der Waals surface area (Å²) in [4.78, 5) is 16.1. The highest BCUT2D eigenvalue weighted by Crippen LogP contribution is 2.17. The molecule has 0 atom stereocenters. The number of amides is 1. The molecule has 6 heteroatoms. The fraction of sp³-hybridized carbons (Fsp3) is 0.294. The Kier molecular flexibility index (Phi) is 6.39. The highest BCUT2D eigenvalue weighted by molar-refractivity contribution is 9.10. The van der Waals surface area contributed by atoms with Gasteiger partial charge in [0.1, 0.15) is 5.76 Å². The number of hydrogen-bond donors (Lipinski definition) is 0. The van der Waals surface area contributed by atoms with Crippen LogP contribution in [0.5, 0.6) is 0 Å². The molecule has 0 radical (unpaired) electrons. The topological polar surface area (TPSA) is 60.5 Å². The summed E-state index contributed by atoms with van der Waals surface area (Å²) >= 11 is 3.26. The molecule has 1 aromatic carbocycles. The molecule has 23 heavy (non-hydrogen) atoms. The molecule has 0 saturated carbocycles. The normalized spacial score (nSPS) is 10.5. The van der Waals surface area contributed by atoms with Crippen LogP contribution in [0.25, 0.3) is 0 Å². The summed E-state index contributed by atoms with van der Waals surface area (Å²) in [6.45, 7) is 1.18. The van der Waals surface area contributed by atoms with Crippen molar-refractivity contribution in [3.05, 3.63) is 52.9 Å². The number of nitriles is 1. The molecule has 1 heterocycles. The lowest BCUT2D eigenvalue weighted by atomic mass is 10.2. The third kappa shape index (κ3) is 5.23. The molecule has 1 aromatic heterocycles. The Bertz CT molecular complexity index is 679. The minimum Gasteiger partial charge on any atom is -0.453 e. The van der Waals surface area contributed by atoms with Crippen molar-refractivity contribution in [3.8, 4) is 6.07 Å². The highest BCUT2D eigenvalue weighted by Gasteiger charge is 2.17. The van der Waals surface area contributed by atoms with Crippen LogP contribution in [-0.4, -0.2) is 30.9 Å². The van der Waals surface area contributed by atoms with E-state index in [4.69, 9.17) is 9.68 Å². The van der Waals surface area contributed by atoms with E-state index in [0.29, 0.717) is 24.2 Å². The van der Waals surface area contributed by atoms with Gasteiger partial charge in [-0.15, -0.1) is 0 Å². The van der Waals surface area contributed by atoms with Crippen LogP contribution in [0.2, 0.25) is 0 Å². The summed E-state index contributed by atoms with van der Waals surface area (Å²) in [5.41, 5.74) is 0.807. The quantitative estimate of drug-likeness (QED) is 0.743. The molecular formula is C17H18BrN3O2.